The summed E-state index contributed by atoms with van der Waals surface area (Å²) >= 11 is 0. The average molecular weight is 424 g/mol. The van der Waals surface area contributed by atoms with Crippen LogP contribution in [0.25, 0.3) is 0 Å². The largest absolute Gasteiger partial charge is 0.503 e. The van der Waals surface area contributed by atoms with Crippen molar-refractivity contribution in [2.75, 3.05) is 19.8 Å². The van der Waals surface area contributed by atoms with Gasteiger partial charge in [0.2, 0.25) is 0 Å². The molecule has 1 atom stereocenters. The molecule has 3 rings (SSSR count). The average Bonchev–Trinajstić information content (AvgIpc) is 3.05. The van der Waals surface area contributed by atoms with Crippen molar-refractivity contribution in [3.63, 3.8) is 0 Å². The zero-order valence-corrected chi connectivity index (χ0v) is 17.8. The molecule has 0 fully saturated rings. The lowest BCUT2D eigenvalue weighted by atomic mass is 9.93. The molecule has 1 amide bonds. The first kappa shape index (κ1) is 22.6. The Balaban J connectivity index is 1.90. The topological polar surface area (TPSA) is 87.1 Å². The highest BCUT2D eigenvalue weighted by Crippen LogP contribution is 2.39. The van der Waals surface area contributed by atoms with Gasteiger partial charge in [0.15, 0.2) is 11.5 Å². The van der Waals surface area contributed by atoms with Crippen molar-refractivity contribution in [3.8, 4) is 5.75 Å². The second-order valence-electron chi connectivity index (χ2n) is 7.57. The number of nitrogens with zero attached hydrogens (tertiary/aromatic N) is 1. The summed E-state index contributed by atoms with van der Waals surface area (Å²) in [5, 5.41) is 19.7. The summed E-state index contributed by atoms with van der Waals surface area (Å²) in [5.74, 6) is -0.665. The number of Topliss-reactive ketones (excluding diaryl/α,β-unsaturated/α-hetero) is 1. The van der Waals surface area contributed by atoms with Crippen LogP contribution >= 0.6 is 0 Å². The van der Waals surface area contributed by atoms with Crippen LogP contribution in [0.15, 0.2) is 65.9 Å². The van der Waals surface area contributed by atoms with E-state index in [1.807, 2.05) is 43.3 Å². The summed E-state index contributed by atoms with van der Waals surface area (Å²) in [6, 6.07) is 16.1. The standard InChI is InChI=1S/C25H29NO5/c1-2-3-14-26-23(19-10-7-11-20(17-19)31-16-15-27)22(24(29)25(26)30)21(28)13-12-18-8-5-4-6-9-18/h4-11,17,23,27,29H,2-3,12-16H2,1H3. The predicted molar refractivity (Wildman–Crippen MR) is 118 cm³/mol. The maximum atomic E-state index is 13.2. The van der Waals surface area contributed by atoms with Gasteiger partial charge in [-0.25, -0.2) is 0 Å². The number of aryl methyl sites for hydroxylation is 1. The van der Waals surface area contributed by atoms with Gasteiger partial charge in [-0.2, -0.15) is 0 Å². The summed E-state index contributed by atoms with van der Waals surface area (Å²) in [6.45, 7) is 2.51. The minimum atomic E-state index is -0.653. The first-order valence-corrected chi connectivity index (χ1v) is 10.7. The fourth-order valence-electron chi connectivity index (χ4n) is 3.82. The van der Waals surface area contributed by atoms with Crippen LogP contribution in [0.4, 0.5) is 0 Å². The number of aliphatic hydroxyl groups excluding tert-OH is 2. The molecule has 2 N–H and O–H groups in total. The molecule has 0 aromatic heterocycles. The number of ketones is 1. The van der Waals surface area contributed by atoms with Gasteiger partial charge in [-0.3, -0.25) is 9.59 Å². The second kappa shape index (κ2) is 10.8. The van der Waals surface area contributed by atoms with Gasteiger partial charge in [0.25, 0.3) is 5.91 Å². The van der Waals surface area contributed by atoms with Crippen LogP contribution in [0.3, 0.4) is 0 Å². The molecule has 1 unspecified atom stereocenters. The maximum Gasteiger partial charge on any atom is 0.290 e. The van der Waals surface area contributed by atoms with E-state index in [9.17, 15) is 14.7 Å². The normalized spacial score (nSPS) is 16.1. The van der Waals surface area contributed by atoms with E-state index in [2.05, 4.69) is 0 Å². The lowest BCUT2D eigenvalue weighted by Crippen LogP contribution is -2.32. The van der Waals surface area contributed by atoms with Gasteiger partial charge in [0, 0.05) is 13.0 Å². The number of carbonyl (C=O) groups excluding carboxylic acids is 2. The molecule has 0 radical (unpaired) electrons. The molecule has 6 heteroatoms. The van der Waals surface area contributed by atoms with Crippen LogP contribution < -0.4 is 4.74 Å². The van der Waals surface area contributed by atoms with E-state index in [4.69, 9.17) is 9.84 Å². The van der Waals surface area contributed by atoms with Crippen LogP contribution in [0.5, 0.6) is 5.75 Å². The number of rotatable bonds is 11. The van der Waals surface area contributed by atoms with Crippen LogP contribution in [0.2, 0.25) is 0 Å². The fraction of sp³-hybridized carbons (Fsp3) is 0.360. The van der Waals surface area contributed by atoms with E-state index < -0.39 is 17.7 Å². The first-order valence-electron chi connectivity index (χ1n) is 10.7. The molecular formula is C25H29NO5. The first-order chi connectivity index (χ1) is 15.1. The number of hydrogen-bond donors (Lipinski definition) is 2. The molecule has 164 valence electrons. The maximum absolute atomic E-state index is 13.2. The molecule has 2 aromatic carbocycles. The zero-order valence-electron chi connectivity index (χ0n) is 17.8. The highest BCUT2D eigenvalue weighted by molar-refractivity contribution is 6.09. The van der Waals surface area contributed by atoms with Crippen LogP contribution in [0.1, 0.15) is 43.4 Å². The third-order valence-electron chi connectivity index (χ3n) is 5.37. The Morgan fingerprint density at radius 1 is 1.13 bits per heavy atom. The third-order valence-corrected chi connectivity index (χ3v) is 5.37. The predicted octanol–water partition coefficient (Wildman–Crippen LogP) is 3.76. The van der Waals surface area contributed by atoms with Crippen molar-refractivity contribution in [3.05, 3.63) is 77.1 Å². The van der Waals surface area contributed by atoms with Crippen molar-refractivity contribution >= 4 is 11.7 Å². The van der Waals surface area contributed by atoms with Gasteiger partial charge in [-0.15, -0.1) is 0 Å². The summed E-state index contributed by atoms with van der Waals surface area (Å²) in [7, 11) is 0. The van der Waals surface area contributed by atoms with E-state index in [0.29, 0.717) is 24.3 Å². The Bertz CT molecular complexity index is 938. The van der Waals surface area contributed by atoms with Crippen molar-refractivity contribution in [1.82, 2.24) is 4.90 Å². The third kappa shape index (κ3) is 5.33. The molecule has 1 aliphatic rings. The molecule has 0 spiro atoms. The summed E-state index contributed by atoms with van der Waals surface area (Å²) in [5.41, 5.74) is 1.88. The quantitative estimate of drug-likeness (QED) is 0.575. The van der Waals surface area contributed by atoms with Gasteiger partial charge in [-0.05, 0) is 36.1 Å². The fourth-order valence-corrected chi connectivity index (χ4v) is 3.82. The van der Waals surface area contributed by atoms with Gasteiger partial charge in [-0.1, -0.05) is 55.8 Å². The number of hydrogen-bond acceptors (Lipinski definition) is 5. The number of carbonyl (C=O) groups is 2. The van der Waals surface area contributed by atoms with E-state index in [1.54, 1.807) is 23.1 Å². The highest BCUT2D eigenvalue weighted by Gasteiger charge is 2.42. The Hall–Kier alpha value is -3.12. The number of aliphatic hydroxyl groups is 2. The molecule has 31 heavy (non-hydrogen) atoms. The van der Waals surface area contributed by atoms with E-state index in [0.717, 1.165) is 18.4 Å². The van der Waals surface area contributed by atoms with Crippen LogP contribution in [-0.4, -0.2) is 46.6 Å². The van der Waals surface area contributed by atoms with E-state index >= 15 is 0 Å². The molecule has 1 heterocycles. The van der Waals surface area contributed by atoms with Gasteiger partial charge >= 0.3 is 0 Å². The summed E-state index contributed by atoms with van der Waals surface area (Å²) in [6.07, 6.45) is 2.39. The minimum Gasteiger partial charge on any atom is -0.503 e. The van der Waals surface area contributed by atoms with Gasteiger partial charge in [0.1, 0.15) is 12.4 Å². The Morgan fingerprint density at radius 2 is 1.90 bits per heavy atom. The van der Waals surface area contributed by atoms with Crippen molar-refractivity contribution < 1.29 is 24.5 Å². The Morgan fingerprint density at radius 3 is 2.61 bits per heavy atom. The molecule has 0 saturated heterocycles. The van der Waals surface area contributed by atoms with Crippen molar-refractivity contribution in [2.24, 2.45) is 0 Å². The lowest BCUT2D eigenvalue weighted by Gasteiger charge is -2.27. The van der Waals surface area contributed by atoms with Crippen LogP contribution in [-0.2, 0) is 16.0 Å². The molecule has 0 bridgehead atoms. The number of ether oxygens (including phenoxy) is 1. The molecular weight excluding hydrogens is 394 g/mol. The Kier molecular flexibility index (Phi) is 7.84. The molecule has 2 aromatic rings. The smallest absolute Gasteiger partial charge is 0.290 e. The summed E-state index contributed by atoms with van der Waals surface area (Å²) in [4.78, 5) is 27.6. The SMILES string of the molecule is CCCCN1C(=O)C(O)=C(C(=O)CCc2ccccc2)C1c1cccc(OCCO)c1. The molecule has 0 saturated carbocycles. The van der Waals surface area contributed by atoms with Gasteiger partial charge < -0.3 is 19.8 Å². The molecule has 6 nitrogen and oxygen atoms in total. The van der Waals surface area contributed by atoms with Crippen molar-refractivity contribution in [2.45, 2.75) is 38.6 Å². The lowest BCUT2D eigenvalue weighted by molar-refractivity contribution is -0.129. The Labute approximate surface area is 182 Å². The number of benzene rings is 2. The second-order valence-corrected chi connectivity index (χ2v) is 7.57. The molecule has 0 aliphatic carbocycles. The van der Waals surface area contributed by atoms with E-state index in [1.165, 1.54) is 0 Å². The zero-order chi connectivity index (χ0) is 22.2. The molecule has 1 aliphatic heterocycles. The van der Waals surface area contributed by atoms with E-state index in [-0.39, 0.29) is 31.0 Å². The highest BCUT2D eigenvalue weighted by atomic mass is 16.5. The van der Waals surface area contributed by atoms with Crippen LogP contribution in [0, 0.1) is 0 Å². The summed E-state index contributed by atoms with van der Waals surface area (Å²) < 4.78 is 5.51. The number of amides is 1. The van der Waals surface area contributed by atoms with Crippen molar-refractivity contribution in [1.29, 1.82) is 0 Å². The van der Waals surface area contributed by atoms with Gasteiger partial charge in [0.05, 0.1) is 18.2 Å². The number of unbranched alkanes of at least 4 members (excludes halogenated alkanes) is 1. The monoisotopic (exact) mass is 423 g/mol. The minimum absolute atomic E-state index is 0.112.